The van der Waals surface area contributed by atoms with E-state index in [1.54, 1.807) is 7.11 Å². The van der Waals surface area contributed by atoms with Gasteiger partial charge in [-0.2, -0.15) is 0 Å². The van der Waals surface area contributed by atoms with Gasteiger partial charge in [0.1, 0.15) is 12.4 Å². The van der Waals surface area contributed by atoms with Gasteiger partial charge in [0.25, 0.3) is 0 Å². The van der Waals surface area contributed by atoms with Crippen LogP contribution in [-0.4, -0.2) is 18.7 Å². The third-order valence-electron chi connectivity index (χ3n) is 3.83. The third-order valence-corrected chi connectivity index (χ3v) is 3.83. The number of fused-ring (bicyclic) bond motifs is 1. The molecule has 23 heavy (non-hydrogen) atoms. The number of aryl methyl sites for hydroxylation is 1. The van der Waals surface area contributed by atoms with E-state index in [4.69, 9.17) is 14.5 Å². The van der Waals surface area contributed by atoms with Crippen molar-refractivity contribution in [2.75, 3.05) is 13.7 Å². The molecule has 0 bridgehead atoms. The summed E-state index contributed by atoms with van der Waals surface area (Å²) in [5, 5.41) is 1.14. The maximum Gasteiger partial charge on any atom is 0.119 e. The molecule has 0 spiro atoms. The van der Waals surface area contributed by atoms with Gasteiger partial charge in [0, 0.05) is 30.2 Å². The van der Waals surface area contributed by atoms with E-state index >= 15 is 0 Å². The Labute approximate surface area is 136 Å². The molecular formula is C20H21NO2. The zero-order valence-corrected chi connectivity index (χ0v) is 13.6. The Hall–Kier alpha value is -2.39. The van der Waals surface area contributed by atoms with Crippen molar-refractivity contribution in [3.8, 4) is 5.75 Å². The first-order valence-electron chi connectivity index (χ1n) is 7.82. The Morgan fingerprint density at radius 3 is 2.57 bits per heavy atom. The zero-order chi connectivity index (χ0) is 16.1. The van der Waals surface area contributed by atoms with Crippen LogP contribution >= 0.6 is 0 Å². The largest absolute Gasteiger partial charge is 0.489 e. The predicted octanol–water partition coefficient (Wildman–Crippen LogP) is 4.31. The van der Waals surface area contributed by atoms with Crippen LogP contribution in [0.3, 0.4) is 0 Å². The minimum Gasteiger partial charge on any atom is -0.489 e. The van der Waals surface area contributed by atoms with Gasteiger partial charge in [-0.3, -0.25) is 4.98 Å². The summed E-state index contributed by atoms with van der Waals surface area (Å²) in [6.07, 6.45) is 0.804. The summed E-state index contributed by atoms with van der Waals surface area (Å²) in [5.74, 6) is 0.884. The summed E-state index contributed by atoms with van der Waals surface area (Å²) in [5.41, 5.74) is 4.42. The molecule has 0 N–H and O–H groups in total. The second kappa shape index (κ2) is 7.25. The summed E-state index contributed by atoms with van der Waals surface area (Å²) in [6.45, 7) is 3.28. The summed E-state index contributed by atoms with van der Waals surface area (Å²) in [4.78, 5) is 4.70. The van der Waals surface area contributed by atoms with Crippen LogP contribution in [-0.2, 0) is 17.8 Å². The number of ether oxygens (including phenoxy) is 2. The highest BCUT2D eigenvalue weighted by Gasteiger charge is 2.07. The van der Waals surface area contributed by atoms with Gasteiger partial charge in [0.15, 0.2) is 0 Å². The third kappa shape index (κ3) is 3.88. The molecule has 0 unspecified atom stereocenters. The van der Waals surface area contributed by atoms with Gasteiger partial charge in [-0.15, -0.1) is 0 Å². The number of aromatic nitrogens is 1. The molecule has 1 heterocycles. The van der Waals surface area contributed by atoms with E-state index in [0.717, 1.165) is 34.3 Å². The zero-order valence-electron chi connectivity index (χ0n) is 13.6. The molecule has 0 aliphatic heterocycles. The van der Waals surface area contributed by atoms with Crippen molar-refractivity contribution in [2.24, 2.45) is 0 Å². The minimum absolute atomic E-state index is 0.534. The smallest absolute Gasteiger partial charge is 0.119 e. The van der Waals surface area contributed by atoms with Crippen molar-refractivity contribution in [1.29, 1.82) is 0 Å². The van der Waals surface area contributed by atoms with Gasteiger partial charge in [0.05, 0.1) is 12.1 Å². The number of hydrogen-bond acceptors (Lipinski definition) is 3. The highest BCUT2D eigenvalue weighted by atomic mass is 16.5. The van der Waals surface area contributed by atoms with Gasteiger partial charge in [-0.1, -0.05) is 35.9 Å². The van der Waals surface area contributed by atoms with Crippen molar-refractivity contribution >= 4 is 10.9 Å². The Bertz CT molecular complexity index is 781. The van der Waals surface area contributed by atoms with Crippen molar-refractivity contribution < 1.29 is 9.47 Å². The normalized spacial score (nSPS) is 10.9. The summed E-state index contributed by atoms with van der Waals surface area (Å²) < 4.78 is 11.1. The fourth-order valence-corrected chi connectivity index (χ4v) is 2.56. The van der Waals surface area contributed by atoms with Crippen molar-refractivity contribution in [2.45, 2.75) is 20.0 Å². The van der Waals surface area contributed by atoms with E-state index in [0.29, 0.717) is 13.2 Å². The Kier molecular flexibility index (Phi) is 4.89. The predicted molar refractivity (Wildman–Crippen MR) is 92.8 cm³/mol. The average molecular weight is 307 g/mol. The van der Waals surface area contributed by atoms with E-state index in [1.807, 2.05) is 30.3 Å². The molecule has 0 fully saturated rings. The number of methoxy groups -OCH3 is 1. The lowest BCUT2D eigenvalue weighted by Crippen LogP contribution is -2.02. The lowest BCUT2D eigenvalue weighted by molar-refractivity contribution is 0.201. The quantitative estimate of drug-likeness (QED) is 0.680. The molecule has 2 aromatic carbocycles. The standard InChI is InChI=1S/C20H21NO2/c1-15-7-9-18(10-8-15)23-14-16-13-17(11-12-22-2)21-20-6-4-3-5-19(16)20/h3-10,13H,11-12,14H2,1-2H3. The second-order valence-corrected chi connectivity index (χ2v) is 5.63. The van der Waals surface area contributed by atoms with Crippen LogP contribution in [0.25, 0.3) is 10.9 Å². The summed E-state index contributed by atoms with van der Waals surface area (Å²) in [6, 6.07) is 18.4. The number of para-hydroxylation sites is 1. The van der Waals surface area contributed by atoms with Crippen molar-refractivity contribution in [1.82, 2.24) is 4.98 Å². The molecule has 0 atom stereocenters. The van der Waals surface area contributed by atoms with Gasteiger partial charge in [-0.05, 0) is 31.2 Å². The first kappa shape index (κ1) is 15.5. The lowest BCUT2D eigenvalue weighted by atomic mass is 10.1. The SMILES string of the molecule is COCCc1cc(COc2ccc(C)cc2)c2ccccc2n1. The molecule has 0 saturated carbocycles. The van der Waals surface area contributed by atoms with Gasteiger partial charge in [0.2, 0.25) is 0 Å². The minimum atomic E-state index is 0.534. The Morgan fingerprint density at radius 2 is 1.78 bits per heavy atom. The fourth-order valence-electron chi connectivity index (χ4n) is 2.56. The number of nitrogens with zero attached hydrogens (tertiary/aromatic N) is 1. The molecule has 0 saturated heterocycles. The van der Waals surface area contributed by atoms with Crippen LogP contribution in [0.15, 0.2) is 54.6 Å². The van der Waals surface area contributed by atoms with Crippen LogP contribution in [0.1, 0.15) is 16.8 Å². The molecule has 3 heteroatoms. The molecule has 0 radical (unpaired) electrons. The molecular weight excluding hydrogens is 286 g/mol. The molecule has 0 aliphatic carbocycles. The van der Waals surface area contributed by atoms with Crippen LogP contribution in [0.2, 0.25) is 0 Å². The Balaban J connectivity index is 1.86. The first-order chi connectivity index (χ1) is 11.3. The molecule has 3 nitrogen and oxygen atoms in total. The highest BCUT2D eigenvalue weighted by molar-refractivity contribution is 5.82. The van der Waals surface area contributed by atoms with Crippen molar-refractivity contribution in [3.05, 3.63) is 71.4 Å². The van der Waals surface area contributed by atoms with E-state index in [2.05, 4.69) is 31.2 Å². The molecule has 3 aromatic rings. The highest BCUT2D eigenvalue weighted by Crippen LogP contribution is 2.21. The first-order valence-corrected chi connectivity index (χ1v) is 7.82. The van der Waals surface area contributed by atoms with Crippen LogP contribution < -0.4 is 4.74 Å². The van der Waals surface area contributed by atoms with Crippen LogP contribution in [0.5, 0.6) is 5.75 Å². The maximum absolute atomic E-state index is 5.96. The monoisotopic (exact) mass is 307 g/mol. The number of pyridine rings is 1. The van der Waals surface area contributed by atoms with E-state index in [-0.39, 0.29) is 0 Å². The number of benzene rings is 2. The van der Waals surface area contributed by atoms with Gasteiger partial charge >= 0.3 is 0 Å². The molecule has 0 amide bonds. The summed E-state index contributed by atoms with van der Waals surface area (Å²) >= 11 is 0. The van der Waals surface area contributed by atoms with E-state index in [9.17, 15) is 0 Å². The topological polar surface area (TPSA) is 31.4 Å². The van der Waals surface area contributed by atoms with Crippen molar-refractivity contribution in [3.63, 3.8) is 0 Å². The van der Waals surface area contributed by atoms with Crippen LogP contribution in [0.4, 0.5) is 0 Å². The number of hydrogen-bond donors (Lipinski definition) is 0. The average Bonchev–Trinajstić information content (AvgIpc) is 2.59. The molecule has 3 rings (SSSR count). The second-order valence-electron chi connectivity index (χ2n) is 5.63. The number of rotatable bonds is 6. The maximum atomic E-state index is 5.96. The molecule has 0 aliphatic rings. The fraction of sp³-hybridized carbons (Fsp3) is 0.250. The van der Waals surface area contributed by atoms with E-state index in [1.165, 1.54) is 5.56 Å². The lowest BCUT2D eigenvalue weighted by Gasteiger charge is -2.11. The Morgan fingerprint density at radius 1 is 1.00 bits per heavy atom. The molecule has 118 valence electrons. The van der Waals surface area contributed by atoms with Crippen LogP contribution in [0, 0.1) is 6.92 Å². The summed E-state index contributed by atoms with van der Waals surface area (Å²) in [7, 11) is 1.71. The molecule has 1 aromatic heterocycles. The van der Waals surface area contributed by atoms with Gasteiger partial charge < -0.3 is 9.47 Å². The van der Waals surface area contributed by atoms with E-state index < -0.39 is 0 Å². The van der Waals surface area contributed by atoms with Gasteiger partial charge in [-0.25, -0.2) is 0 Å².